The molecule has 3 amide bonds. The van der Waals surface area contributed by atoms with Crippen molar-refractivity contribution in [1.29, 1.82) is 0 Å². The fourth-order valence-corrected chi connectivity index (χ4v) is 5.22. The summed E-state index contributed by atoms with van der Waals surface area (Å²) in [5.41, 5.74) is 0.869. The third-order valence-electron chi connectivity index (χ3n) is 6.97. The van der Waals surface area contributed by atoms with Gasteiger partial charge in [-0.2, -0.15) is 0 Å². The second-order valence-electron chi connectivity index (χ2n) is 10.4. The van der Waals surface area contributed by atoms with E-state index in [1.54, 1.807) is 0 Å². The summed E-state index contributed by atoms with van der Waals surface area (Å²) in [5.74, 6) is -1.06. The Morgan fingerprint density at radius 1 is 0.974 bits per heavy atom. The number of aldehydes is 1. The van der Waals surface area contributed by atoms with Crippen molar-refractivity contribution in [2.75, 3.05) is 0 Å². The van der Waals surface area contributed by atoms with Crippen molar-refractivity contribution in [3.8, 4) is 0 Å². The van der Waals surface area contributed by atoms with Crippen LogP contribution < -0.4 is 16.0 Å². The molecular weight excluding hydrogens is 502 g/mol. The van der Waals surface area contributed by atoms with Crippen LogP contribution in [0.2, 0.25) is 0 Å². The van der Waals surface area contributed by atoms with E-state index in [4.69, 9.17) is 0 Å². The number of nitrogens with one attached hydrogen (secondary N) is 3. The molecule has 1 saturated carbocycles. The minimum absolute atomic E-state index is 0.0663. The van der Waals surface area contributed by atoms with Crippen LogP contribution in [0, 0.1) is 11.8 Å². The fourth-order valence-electron chi connectivity index (χ4n) is 5.07. The molecule has 8 nitrogen and oxygen atoms in total. The van der Waals surface area contributed by atoms with Gasteiger partial charge in [-0.05, 0) is 47.9 Å². The molecule has 9 heteroatoms. The maximum absolute atomic E-state index is 13.4. The predicted octanol–water partition coefficient (Wildman–Crippen LogP) is 3.75. The Morgan fingerprint density at radius 2 is 1.68 bits per heavy atom. The van der Waals surface area contributed by atoms with E-state index in [0.29, 0.717) is 25.5 Å². The molecule has 0 aliphatic heterocycles. The van der Waals surface area contributed by atoms with Gasteiger partial charge in [-0.25, -0.2) is 0 Å². The molecule has 0 heterocycles. The minimum Gasteiger partial charge on any atom is -0.345 e. The standard InChI is InChI=1S/C29H37N3O5S/c1-18(2)14-24(27(35)30-22(17-33)15-21-9-4-6-13-26(21)34)31-28(36)25(32-29(37)38)16-20-11-7-10-19-8-3-5-12-23(19)20/h3,5,7-8,10-12,17-18,21-22,24-25H,4,6,9,13-16H2,1-2H3,(H,30,35)(H,31,36)(H2,32,37,38)/t21?,22?,24-,25?/m0/s1. The zero-order valence-electron chi connectivity index (χ0n) is 21.9. The van der Waals surface area contributed by atoms with E-state index in [9.17, 15) is 24.0 Å². The molecular formula is C29H37N3O5S. The molecule has 0 aromatic heterocycles. The van der Waals surface area contributed by atoms with E-state index in [0.717, 1.165) is 29.2 Å². The highest BCUT2D eigenvalue weighted by Crippen LogP contribution is 2.24. The molecule has 2 aromatic carbocycles. The van der Waals surface area contributed by atoms with E-state index in [2.05, 4.69) is 28.6 Å². The number of thiol groups is 1. The van der Waals surface area contributed by atoms with Gasteiger partial charge in [0.05, 0.1) is 6.04 Å². The highest BCUT2D eigenvalue weighted by Gasteiger charge is 2.31. The first-order valence-corrected chi connectivity index (χ1v) is 13.7. The van der Waals surface area contributed by atoms with E-state index in [-0.39, 0.29) is 30.5 Å². The van der Waals surface area contributed by atoms with Gasteiger partial charge in [0, 0.05) is 18.8 Å². The molecule has 204 valence electrons. The topological polar surface area (TPSA) is 121 Å². The molecule has 3 unspecified atom stereocenters. The van der Waals surface area contributed by atoms with Crippen LogP contribution in [0.4, 0.5) is 4.79 Å². The summed E-state index contributed by atoms with van der Waals surface area (Å²) in [7, 11) is 0. The molecule has 4 atom stereocenters. The van der Waals surface area contributed by atoms with Crippen molar-refractivity contribution in [1.82, 2.24) is 16.0 Å². The van der Waals surface area contributed by atoms with Gasteiger partial charge < -0.3 is 20.7 Å². The van der Waals surface area contributed by atoms with Crippen LogP contribution in [0.5, 0.6) is 0 Å². The van der Waals surface area contributed by atoms with Crippen LogP contribution in [0.1, 0.15) is 57.9 Å². The number of carbonyl (C=O) groups excluding carboxylic acids is 5. The van der Waals surface area contributed by atoms with Crippen LogP contribution in [0.15, 0.2) is 42.5 Å². The average Bonchev–Trinajstić information content (AvgIpc) is 2.88. The first-order chi connectivity index (χ1) is 18.2. The molecule has 2 aromatic rings. The second-order valence-corrected chi connectivity index (χ2v) is 10.8. The summed E-state index contributed by atoms with van der Waals surface area (Å²) in [6.07, 6.45) is 4.46. The van der Waals surface area contributed by atoms with E-state index in [1.807, 2.05) is 56.3 Å². The largest absolute Gasteiger partial charge is 0.345 e. The average molecular weight is 540 g/mol. The SMILES string of the molecule is CC(C)C[C@H](NC(=O)C(Cc1cccc2ccccc12)NC(=O)S)C(=O)NC(C=O)CC1CCCCC1=O. The smallest absolute Gasteiger partial charge is 0.276 e. The maximum atomic E-state index is 13.4. The number of hydrogen-bond acceptors (Lipinski definition) is 5. The lowest BCUT2D eigenvalue weighted by atomic mass is 9.84. The zero-order chi connectivity index (χ0) is 27.7. The van der Waals surface area contributed by atoms with Gasteiger partial charge in [0.1, 0.15) is 24.2 Å². The van der Waals surface area contributed by atoms with Gasteiger partial charge in [-0.15, -0.1) is 0 Å². The second kappa shape index (κ2) is 14.1. The minimum atomic E-state index is -0.963. The summed E-state index contributed by atoms with van der Waals surface area (Å²) in [6.45, 7) is 3.85. The van der Waals surface area contributed by atoms with Crippen molar-refractivity contribution in [2.24, 2.45) is 11.8 Å². The first kappa shape index (κ1) is 29.4. The molecule has 1 aliphatic carbocycles. The van der Waals surface area contributed by atoms with Crippen molar-refractivity contribution < 1.29 is 24.0 Å². The van der Waals surface area contributed by atoms with Gasteiger partial charge >= 0.3 is 0 Å². The fraction of sp³-hybridized carbons (Fsp3) is 0.483. The highest BCUT2D eigenvalue weighted by atomic mass is 32.1. The van der Waals surface area contributed by atoms with Gasteiger partial charge in [0.25, 0.3) is 5.24 Å². The van der Waals surface area contributed by atoms with Crippen LogP contribution in [0.25, 0.3) is 10.8 Å². The molecule has 38 heavy (non-hydrogen) atoms. The van der Waals surface area contributed by atoms with E-state index < -0.39 is 35.2 Å². The number of amides is 3. The number of carbonyl (C=O) groups is 5. The summed E-state index contributed by atoms with van der Waals surface area (Å²) in [6, 6.07) is 10.8. The molecule has 3 N–H and O–H groups in total. The third kappa shape index (κ3) is 8.41. The monoisotopic (exact) mass is 539 g/mol. The first-order valence-electron chi connectivity index (χ1n) is 13.2. The van der Waals surface area contributed by atoms with Crippen molar-refractivity contribution in [2.45, 2.75) is 76.9 Å². The van der Waals surface area contributed by atoms with E-state index in [1.165, 1.54) is 0 Å². The zero-order valence-corrected chi connectivity index (χ0v) is 22.8. The Balaban J connectivity index is 1.74. The van der Waals surface area contributed by atoms with Gasteiger partial charge in [0.2, 0.25) is 11.8 Å². The normalized spacial score (nSPS) is 17.9. The summed E-state index contributed by atoms with van der Waals surface area (Å²) < 4.78 is 0. The predicted molar refractivity (Wildman–Crippen MR) is 150 cm³/mol. The molecule has 0 spiro atoms. The summed E-state index contributed by atoms with van der Waals surface area (Å²) >= 11 is 3.81. The van der Waals surface area contributed by atoms with E-state index >= 15 is 0 Å². The Morgan fingerprint density at radius 3 is 2.37 bits per heavy atom. The lowest BCUT2D eigenvalue weighted by Crippen LogP contribution is -2.55. The third-order valence-corrected chi connectivity index (χ3v) is 7.10. The number of ketones is 1. The number of hydrogen-bond donors (Lipinski definition) is 4. The summed E-state index contributed by atoms with van der Waals surface area (Å²) in [5, 5.41) is 9.41. The molecule has 0 saturated heterocycles. The van der Waals surface area contributed by atoms with Crippen LogP contribution >= 0.6 is 12.6 Å². The van der Waals surface area contributed by atoms with Crippen molar-refractivity contribution in [3.05, 3.63) is 48.0 Å². The van der Waals surface area contributed by atoms with Gasteiger partial charge in [-0.1, -0.05) is 75.4 Å². The molecule has 0 radical (unpaired) electrons. The summed E-state index contributed by atoms with van der Waals surface area (Å²) in [4.78, 5) is 62.4. The maximum Gasteiger partial charge on any atom is 0.276 e. The number of benzene rings is 2. The molecule has 3 rings (SSSR count). The van der Waals surface area contributed by atoms with Crippen molar-refractivity contribution in [3.63, 3.8) is 0 Å². The lowest BCUT2D eigenvalue weighted by Gasteiger charge is -2.27. The van der Waals surface area contributed by atoms with Crippen molar-refractivity contribution >= 4 is 52.5 Å². The Labute approximate surface area is 229 Å². The molecule has 0 bridgehead atoms. The van der Waals surface area contributed by atoms with Crippen LogP contribution in [0.3, 0.4) is 0 Å². The molecule has 1 aliphatic rings. The van der Waals surface area contributed by atoms with Gasteiger partial charge in [0.15, 0.2) is 0 Å². The molecule has 1 fully saturated rings. The lowest BCUT2D eigenvalue weighted by molar-refractivity contribution is -0.131. The quantitative estimate of drug-likeness (QED) is 0.242. The number of Topliss-reactive ketones (excluding diaryl/α,β-unsaturated/α-hetero) is 1. The highest BCUT2D eigenvalue weighted by molar-refractivity contribution is 7.96. The Bertz CT molecular complexity index is 1160. The Kier molecular flexibility index (Phi) is 10.9. The Hall–Kier alpha value is -3.20. The van der Waals surface area contributed by atoms with Gasteiger partial charge in [-0.3, -0.25) is 19.2 Å². The number of fused-ring (bicyclic) bond motifs is 1. The van der Waals surface area contributed by atoms with Crippen LogP contribution in [-0.2, 0) is 25.6 Å². The van der Waals surface area contributed by atoms with Crippen LogP contribution in [-0.4, -0.2) is 47.2 Å². The number of rotatable bonds is 12.